The Morgan fingerprint density at radius 2 is 1.78 bits per heavy atom. The van der Waals surface area contributed by atoms with Crippen LogP contribution >= 0.6 is 11.6 Å². The van der Waals surface area contributed by atoms with E-state index in [0.717, 1.165) is 37.7 Å². The lowest BCUT2D eigenvalue weighted by Crippen LogP contribution is -2.47. The number of hydrogen-bond donors (Lipinski definition) is 3. The van der Waals surface area contributed by atoms with Gasteiger partial charge in [-0.1, -0.05) is 45.4 Å². The van der Waals surface area contributed by atoms with E-state index < -0.39 is 6.04 Å². The van der Waals surface area contributed by atoms with Gasteiger partial charge in [-0.3, -0.25) is 9.59 Å². The van der Waals surface area contributed by atoms with E-state index in [0.29, 0.717) is 47.3 Å². The summed E-state index contributed by atoms with van der Waals surface area (Å²) in [4.78, 5) is 37.5. The second-order valence-corrected chi connectivity index (χ2v) is 11.6. The molecule has 0 aromatic heterocycles. The molecular weight excluding hydrogens is 478 g/mol. The quantitative estimate of drug-likeness (QED) is 0.392. The summed E-state index contributed by atoms with van der Waals surface area (Å²) < 4.78 is 5.22. The highest BCUT2D eigenvalue weighted by Crippen LogP contribution is 2.53. The van der Waals surface area contributed by atoms with Crippen molar-refractivity contribution in [1.29, 1.82) is 0 Å². The number of carbonyl (C=O) groups excluding carboxylic acids is 3. The molecule has 2 aliphatic rings. The normalized spacial score (nSPS) is 24.2. The maximum atomic E-state index is 13.0. The zero-order chi connectivity index (χ0) is 26.4. The highest BCUT2D eigenvalue weighted by molar-refractivity contribution is 6.31. The average molecular weight is 520 g/mol. The van der Waals surface area contributed by atoms with E-state index in [2.05, 4.69) is 29.8 Å². The van der Waals surface area contributed by atoms with Gasteiger partial charge in [0.05, 0.1) is 6.61 Å². The van der Waals surface area contributed by atoms with Gasteiger partial charge in [-0.15, -0.1) is 0 Å². The fourth-order valence-electron chi connectivity index (χ4n) is 5.25. The molecule has 2 aliphatic carbocycles. The lowest BCUT2D eigenvalue weighted by atomic mass is 9.82. The molecule has 0 heterocycles. The van der Waals surface area contributed by atoms with Crippen molar-refractivity contribution >= 4 is 29.5 Å². The molecule has 0 aliphatic heterocycles. The Hall–Kier alpha value is -2.28. The van der Waals surface area contributed by atoms with Crippen LogP contribution in [0.1, 0.15) is 88.1 Å². The summed E-state index contributed by atoms with van der Waals surface area (Å²) in [6.45, 7) is 8.86. The van der Waals surface area contributed by atoms with Gasteiger partial charge < -0.3 is 20.7 Å². The number of amides is 3. The average Bonchev–Trinajstić information content (AvgIpc) is 3.64. The first-order valence-electron chi connectivity index (χ1n) is 13.3. The number of nitrogens with one attached hydrogen (secondary N) is 3. The van der Waals surface area contributed by atoms with Crippen LogP contribution < -0.4 is 16.0 Å². The summed E-state index contributed by atoms with van der Waals surface area (Å²) in [6.07, 6.45) is 4.72. The Morgan fingerprint density at radius 3 is 2.33 bits per heavy atom. The molecule has 3 rings (SSSR count). The number of hydrogen-bond acceptors (Lipinski definition) is 4. The van der Waals surface area contributed by atoms with Crippen molar-refractivity contribution in [2.24, 2.45) is 23.7 Å². The van der Waals surface area contributed by atoms with Crippen LogP contribution in [0.3, 0.4) is 0 Å². The summed E-state index contributed by atoms with van der Waals surface area (Å²) >= 11 is 6.55. The van der Waals surface area contributed by atoms with E-state index >= 15 is 0 Å². The van der Waals surface area contributed by atoms with Crippen LogP contribution in [0.5, 0.6) is 0 Å². The minimum atomic E-state index is -0.625. The molecule has 0 spiro atoms. The number of benzene rings is 1. The van der Waals surface area contributed by atoms with Crippen molar-refractivity contribution in [2.75, 3.05) is 13.7 Å². The summed E-state index contributed by atoms with van der Waals surface area (Å²) in [5.74, 6) is 1.81. The SMILES string of the molecule is CNC(=O)C(CC1CCC(NC(=O)OCC(C)C)CC1)NC(=O)c1ccc([C@H]2C[C@H]2C(C)C)c(Cl)c1. The van der Waals surface area contributed by atoms with Crippen molar-refractivity contribution in [3.8, 4) is 0 Å². The minimum absolute atomic E-state index is 0.0800. The van der Waals surface area contributed by atoms with Gasteiger partial charge in [-0.05, 0) is 85.8 Å². The Bertz CT molecular complexity index is 927. The lowest BCUT2D eigenvalue weighted by molar-refractivity contribution is -0.123. The predicted octanol–water partition coefficient (Wildman–Crippen LogP) is 5.28. The zero-order valence-electron chi connectivity index (χ0n) is 22.2. The number of halogens is 1. The monoisotopic (exact) mass is 519 g/mol. The first-order valence-corrected chi connectivity index (χ1v) is 13.7. The van der Waals surface area contributed by atoms with Crippen LogP contribution in [0.25, 0.3) is 0 Å². The number of alkyl carbamates (subject to hydrolysis) is 1. The molecule has 200 valence electrons. The largest absolute Gasteiger partial charge is 0.449 e. The maximum absolute atomic E-state index is 13.0. The molecule has 1 unspecified atom stereocenters. The van der Waals surface area contributed by atoms with Gasteiger partial charge in [0.15, 0.2) is 0 Å². The third kappa shape index (κ3) is 7.86. The predicted molar refractivity (Wildman–Crippen MR) is 142 cm³/mol. The highest BCUT2D eigenvalue weighted by atomic mass is 35.5. The minimum Gasteiger partial charge on any atom is -0.449 e. The Kier molecular flexibility index (Phi) is 10.1. The van der Waals surface area contributed by atoms with Crippen LogP contribution in [-0.2, 0) is 9.53 Å². The van der Waals surface area contributed by atoms with Gasteiger partial charge in [0.1, 0.15) is 6.04 Å². The molecule has 2 fully saturated rings. The second kappa shape index (κ2) is 12.8. The van der Waals surface area contributed by atoms with Crippen LogP contribution in [0.4, 0.5) is 4.79 Å². The zero-order valence-corrected chi connectivity index (χ0v) is 23.0. The van der Waals surface area contributed by atoms with Crippen molar-refractivity contribution < 1.29 is 19.1 Å². The van der Waals surface area contributed by atoms with Crippen LogP contribution in [0, 0.1) is 23.7 Å². The number of likely N-dealkylation sites (N-methyl/N-ethyl adjacent to an activating group) is 1. The summed E-state index contributed by atoms with van der Waals surface area (Å²) in [6, 6.07) is 4.94. The molecule has 3 atom stereocenters. The molecule has 0 radical (unpaired) electrons. The third-order valence-electron chi connectivity index (χ3n) is 7.51. The smallest absolute Gasteiger partial charge is 0.407 e. The molecule has 7 nitrogen and oxygen atoms in total. The van der Waals surface area contributed by atoms with Crippen LogP contribution in [0.15, 0.2) is 18.2 Å². The molecule has 3 N–H and O–H groups in total. The fraction of sp³-hybridized carbons (Fsp3) is 0.679. The van der Waals surface area contributed by atoms with Crippen LogP contribution in [0.2, 0.25) is 5.02 Å². The van der Waals surface area contributed by atoms with E-state index in [-0.39, 0.29) is 29.9 Å². The van der Waals surface area contributed by atoms with Crippen molar-refractivity contribution in [2.45, 2.75) is 84.2 Å². The van der Waals surface area contributed by atoms with E-state index in [9.17, 15) is 14.4 Å². The van der Waals surface area contributed by atoms with E-state index in [4.69, 9.17) is 16.3 Å². The standard InChI is InChI=1S/C28H42ClN3O4/c1-16(2)15-36-28(35)31-20-9-6-18(7-10-20)12-25(27(34)30-5)32-26(33)19-8-11-21(24(29)13-19)23-14-22(23)17(3)4/h8,11,13,16-18,20,22-23,25H,6-7,9-10,12,14-15H2,1-5H3,(H,30,34)(H,31,35)(H,32,33)/t18?,20?,22-,23+,25?/m0/s1. The number of carbonyl (C=O) groups is 3. The summed E-state index contributed by atoms with van der Waals surface area (Å²) in [7, 11) is 1.58. The van der Waals surface area contributed by atoms with Crippen LogP contribution in [-0.4, -0.2) is 43.6 Å². The first-order chi connectivity index (χ1) is 17.1. The molecular formula is C28H42ClN3O4. The van der Waals surface area contributed by atoms with Crippen molar-refractivity contribution in [3.05, 3.63) is 34.3 Å². The van der Waals surface area contributed by atoms with Gasteiger partial charge >= 0.3 is 6.09 Å². The Labute approximate surface area is 220 Å². The molecule has 0 saturated heterocycles. The molecule has 1 aromatic rings. The molecule has 0 bridgehead atoms. The van der Waals surface area contributed by atoms with Gasteiger partial charge in [0.2, 0.25) is 5.91 Å². The fourth-order valence-corrected chi connectivity index (χ4v) is 5.57. The molecule has 8 heteroatoms. The topological polar surface area (TPSA) is 96.5 Å². The Balaban J connectivity index is 1.52. The van der Waals surface area contributed by atoms with Gasteiger partial charge in [0.25, 0.3) is 5.91 Å². The first kappa shape index (κ1) is 28.3. The maximum Gasteiger partial charge on any atom is 0.407 e. The molecule has 36 heavy (non-hydrogen) atoms. The van der Waals surface area contributed by atoms with Gasteiger partial charge in [-0.25, -0.2) is 4.79 Å². The molecule has 3 amide bonds. The Morgan fingerprint density at radius 1 is 1.08 bits per heavy atom. The van der Waals surface area contributed by atoms with E-state index in [1.165, 1.54) is 0 Å². The summed E-state index contributed by atoms with van der Waals surface area (Å²) in [5.41, 5.74) is 1.57. The third-order valence-corrected chi connectivity index (χ3v) is 7.84. The van der Waals surface area contributed by atoms with Crippen molar-refractivity contribution in [1.82, 2.24) is 16.0 Å². The van der Waals surface area contributed by atoms with E-state index in [1.54, 1.807) is 13.1 Å². The number of rotatable bonds is 10. The van der Waals surface area contributed by atoms with Crippen molar-refractivity contribution in [3.63, 3.8) is 0 Å². The van der Waals surface area contributed by atoms with E-state index in [1.807, 2.05) is 26.0 Å². The highest BCUT2D eigenvalue weighted by Gasteiger charge is 2.41. The summed E-state index contributed by atoms with van der Waals surface area (Å²) in [5, 5.41) is 9.16. The van der Waals surface area contributed by atoms with Gasteiger partial charge in [0, 0.05) is 23.7 Å². The molecule has 1 aromatic carbocycles. The molecule has 2 saturated carbocycles. The number of ether oxygens (including phenoxy) is 1. The lowest BCUT2D eigenvalue weighted by Gasteiger charge is -2.31. The van der Waals surface area contributed by atoms with Gasteiger partial charge in [-0.2, -0.15) is 0 Å². The second-order valence-electron chi connectivity index (χ2n) is 11.2.